The fraction of sp³-hybridized carbons (Fsp3) is 0.357. The molecule has 0 aliphatic carbocycles. The molecular formula is C14H15BrF2O. The minimum Gasteiger partial charge on any atom is -0.294 e. The molecule has 1 rings (SSSR count). The van der Waals surface area contributed by atoms with Crippen molar-refractivity contribution in [1.82, 2.24) is 0 Å². The Hall–Kier alpha value is -1.03. The molecule has 0 atom stereocenters. The van der Waals surface area contributed by atoms with Crippen LogP contribution in [0.1, 0.15) is 42.5 Å². The lowest BCUT2D eigenvalue weighted by atomic mass is 10.0. The molecule has 4 heteroatoms. The second kappa shape index (κ2) is 7.41. The zero-order chi connectivity index (χ0) is 13.5. The first-order valence-corrected chi connectivity index (χ1v) is 6.64. The molecule has 0 radical (unpaired) electrons. The number of allylic oxidation sites excluding steroid dienone is 1. The summed E-state index contributed by atoms with van der Waals surface area (Å²) in [7, 11) is 0. The normalized spacial score (nSPS) is 10.4. The molecule has 1 nitrogen and oxygen atoms in total. The summed E-state index contributed by atoms with van der Waals surface area (Å²) >= 11 is 2.98. The second-order valence-electron chi connectivity index (χ2n) is 4.06. The van der Waals surface area contributed by atoms with Gasteiger partial charge in [-0.1, -0.05) is 28.4 Å². The molecule has 0 heterocycles. The molecular weight excluding hydrogens is 302 g/mol. The van der Waals surface area contributed by atoms with Crippen molar-refractivity contribution in [3.05, 3.63) is 46.5 Å². The number of halogens is 3. The van der Waals surface area contributed by atoms with Gasteiger partial charge in [0, 0.05) is 10.9 Å². The van der Waals surface area contributed by atoms with Gasteiger partial charge in [0.25, 0.3) is 0 Å². The van der Waals surface area contributed by atoms with E-state index < -0.39 is 23.0 Å². The molecule has 1 aromatic carbocycles. The van der Waals surface area contributed by atoms with E-state index >= 15 is 0 Å². The average molecular weight is 317 g/mol. The number of rotatable bonds is 7. The van der Waals surface area contributed by atoms with Gasteiger partial charge in [-0.05, 0) is 31.4 Å². The number of ketones is 1. The highest BCUT2D eigenvalue weighted by atomic mass is 79.9. The van der Waals surface area contributed by atoms with Crippen LogP contribution in [-0.4, -0.2) is 5.78 Å². The van der Waals surface area contributed by atoms with Gasteiger partial charge in [0.05, 0.1) is 5.56 Å². The van der Waals surface area contributed by atoms with Crippen LogP contribution >= 0.6 is 15.9 Å². The zero-order valence-corrected chi connectivity index (χ0v) is 11.6. The van der Waals surface area contributed by atoms with Crippen LogP contribution in [0.3, 0.4) is 0 Å². The Bertz CT molecular complexity index is 420. The summed E-state index contributed by atoms with van der Waals surface area (Å²) in [6.07, 6.45) is 5.33. The standard InChI is InChI=1S/C14H15BrF2O/c1-2-3-4-5-6-7-13(18)14-11(16)8-10(15)9-12(14)17/h2,8-9H,1,3-7H2. The minimum absolute atomic E-state index is 0.173. The minimum atomic E-state index is -0.807. The zero-order valence-electron chi connectivity index (χ0n) is 10.0. The van der Waals surface area contributed by atoms with E-state index in [-0.39, 0.29) is 6.42 Å². The van der Waals surface area contributed by atoms with Gasteiger partial charge >= 0.3 is 0 Å². The smallest absolute Gasteiger partial charge is 0.168 e. The van der Waals surface area contributed by atoms with Crippen molar-refractivity contribution >= 4 is 21.7 Å². The lowest BCUT2D eigenvalue weighted by molar-refractivity contribution is 0.0971. The van der Waals surface area contributed by atoms with Crippen LogP contribution in [0, 0.1) is 11.6 Å². The fourth-order valence-electron chi connectivity index (χ4n) is 1.68. The largest absolute Gasteiger partial charge is 0.294 e. The number of unbranched alkanes of at least 4 members (excludes halogenated alkanes) is 3. The Morgan fingerprint density at radius 1 is 1.22 bits per heavy atom. The molecule has 98 valence electrons. The van der Waals surface area contributed by atoms with Crippen molar-refractivity contribution in [2.45, 2.75) is 32.1 Å². The highest BCUT2D eigenvalue weighted by Crippen LogP contribution is 2.21. The predicted molar refractivity (Wildman–Crippen MR) is 71.7 cm³/mol. The molecule has 18 heavy (non-hydrogen) atoms. The summed E-state index contributed by atoms with van der Waals surface area (Å²) in [6, 6.07) is 2.21. The van der Waals surface area contributed by atoms with E-state index in [1.807, 2.05) is 6.08 Å². The Labute approximate surface area is 114 Å². The number of benzene rings is 1. The second-order valence-corrected chi connectivity index (χ2v) is 4.97. The molecule has 0 aliphatic rings. The third kappa shape index (κ3) is 4.33. The van der Waals surface area contributed by atoms with Gasteiger partial charge in [-0.3, -0.25) is 4.79 Å². The van der Waals surface area contributed by atoms with Crippen molar-refractivity contribution in [2.24, 2.45) is 0 Å². The van der Waals surface area contributed by atoms with Crippen molar-refractivity contribution in [3.63, 3.8) is 0 Å². The first kappa shape index (κ1) is 15.0. The molecule has 0 aliphatic heterocycles. The van der Waals surface area contributed by atoms with Crippen LogP contribution in [0.15, 0.2) is 29.3 Å². The van der Waals surface area contributed by atoms with Crippen LogP contribution in [0.4, 0.5) is 8.78 Å². The van der Waals surface area contributed by atoms with Crippen molar-refractivity contribution in [2.75, 3.05) is 0 Å². The van der Waals surface area contributed by atoms with Gasteiger partial charge in [-0.25, -0.2) is 8.78 Å². The number of hydrogen-bond acceptors (Lipinski definition) is 1. The predicted octanol–water partition coefficient (Wildman–Crippen LogP) is 5.05. The quantitative estimate of drug-likeness (QED) is 0.391. The van der Waals surface area contributed by atoms with Gasteiger partial charge < -0.3 is 0 Å². The van der Waals surface area contributed by atoms with E-state index in [2.05, 4.69) is 22.5 Å². The van der Waals surface area contributed by atoms with Crippen LogP contribution in [-0.2, 0) is 0 Å². The van der Waals surface area contributed by atoms with E-state index in [9.17, 15) is 13.6 Å². The highest BCUT2D eigenvalue weighted by Gasteiger charge is 2.17. The summed E-state index contributed by atoms with van der Waals surface area (Å²) in [5.41, 5.74) is -0.429. The first-order chi connectivity index (χ1) is 8.56. The summed E-state index contributed by atoms with van der Waals surface area (Å²) in [6.45, 7) is 3.60. The van der Waals surface area contributed by atoms with Crippen LogP contribution in [0.25, 0.3) is 0 Å². The molecule has 0 bridgehead atoms. The summed E-state index contributed by atoms with van der Waals surface area (Å²) in [4.78, 5) is 11.7. The molecule has 0 saturated heterocycles. The van der Waals surface area contributed by atoms with Crippen LogP contribution < -0.4 is 0 Å². The van der Waals surface area contributed by atoms with E-state index in [0.29, 0.717) is 10.9 Å². The average Bonchev–Trinajstić information content (AvgIpc) is 2.27. The maximum atomic E-state index is 13.5. The van der Waals surface area contributed by atoms with Gasteiger partial charge in [0.1, 0.15) is 11.6 Å². The topological polar surface area (TPSA) is 17.1 Å². The summed E-state index contributed by atoms with van der Waals surface area (Å²) in [5.74, 6) is -2.09. The molecule has 0 amide bonds. The fourth-order valence-corrected chi connectivity index (χ4v) is 2.09. The summed E-state index contributed by atoms with van der Waals surface area (Å²) < 4.78 is 27.3. The third-order valence-electron chi connectivity index (χ3n) is 2.60. The molecule has 0 aromatic heterocycles. The SMILES string of the molecule is C=CCCCCCC(=O)c1c(F)cc(Br)cc1F. The number of hydrogen-bond donors (Lipinski definition) is 0. The van der Waals surface area contributed by atoms with Crippen molar-refractivity contribution in [1.29, 1.82) is 0 Å². The molecule has 0 N–H and O–H groups in total. The van der Waals surface area contributed by atoms with Crippen LogP contribution in [0.5, 0.6) is 0 Å². The third-order valence-corrected chi connectivity index (χ3v) is 3.06. The maximum absolute atomic E-state index is 13.5. The monoisotopic (exact) mass is 316 g/mol. The van der Waals surface area contributed by atoms with Gasteiger partial charge in [0.15, 0.2) is 5.78 Å². The Balaban J connectivity index is 2.59. The molecule has 0 spiro atoms. The lowest BCUT2D eigenvalue weighted by Gasteiger charge is -2.05. The van der Waals surface area contributed by atoms with Crippen molar-refractivity contribution < 1.29 is 13.6 Å². The van der Waals surface area contributed by atoms with E-state index in [0.717, 1.165) is 31.4 Å². The summed E-state index contributed by atoms with van der Waals surface area (Å²) in [5, 5.41) is 0. The Kier molecular flexibility index (Phi) is 6.19. The number of carbonyl (C=O) groups excluding carboxylic acids is 1. The van der Waals surface area contributed by atoms with Gasteiger partial charge in [0.2, 0.25) is 0 Å². The molecule has 0 unspecified atom stereocenters. The molecule has 0 saturated carbocycles. The lowest BCUT2D eigenvalue weighted by Crippen LogP contribution is -2.06. The van der Waals surface area contributed by atoms with Gasteiger partial charge in [-0.15, -0.1) is 6.58 Å². The van der Waals surface area contributed by atoms with Crippen molar-refractivity contribution in [3.8, 4) is 0 Å². The highest BCUT2D eigenvalue weighted by molar-refractivity contribution is 9.10. The van der Waals surface area contributed by atoms with Gasteiger partial charge in [-0.2, -0.15) is 0 Å². The van der Waals surface area contributed by atoms with E-state index in [4.69, 9.17) is 0 Å². The van der Waals surface area contributed by atoms with E-state index in [1.165, 1.54) is 0 Å². The number of carbonyl (C=O) groups is 1. The maximum Gasteiger partial charge on any atom is 0.168 e. The molecule has 1 aromatic rings. The first-order valence-electron chi connectivity index (χ1n) is 5.85. The number of Topliss-reactive ketones (excluding diaryl/α,β-unsaturated/α-hetero) is 1. The Morgan fingerprint density at radius 3 is 2.39 bits per heavy atom. The Morgan fingerprint density at radius 2 is 1.83 bits per heavy atom. The van der Waals surface area contributed by atoms with E-state index in [1.54, 1.807) is 0 Å². The molecule has 0 fully saturated rings. The van der Waals surface area contributed by atoms with Crippen LogP contribution in [0.2, 0.25) is 0 Å².